The van der Waals surface area contributed by atoms with Gasteiger partial charge in [-0.25, -0.2) is 0 Å². The Bertz CT molecular complexity index is 522. The Kier molecular flexibility index (Phi) is 6.46. The van der Waals surface area contributed by atoms with Crippen molar-refractivity contribution in [1.82, 2.24) is 0 Å². The van der Waals surface area contributed by atoms with Gasteiger partial charge in [0.05, 0.1) is 32.7 Å². The van der Waals surface area contributed by atoms with Crippen LogP contribution in [-0.2, 0) is 28.9 Å². The van der Waals surface area contributed by atoms with Gasteiger partial charge in [0, 0.05) is 6.42 Å². The predicted octanol–water partition coefficient (Wildman–Crippen LogP) is 3.81. The van der Waals surface area contributed by atoms with E-state index in [1.54, 1.807) is 19.9 Å². The number of hydrogen-bond acceptors (Lipinski definition) is 6. The summed E-state index contributed by atoms with van der Waals surface area (Å²) in [6.45, 7) is 9.35. The van der Waals surface area contributed by atoms with E-state index in [0.717, 1.165) is 6.42 Å². The Morgan fingerprint density at radius 2 is 1.83 bits per heavy atom. The number of hydrogen-bond donors (Lipinski definition) is 0. The molecule has 0 atom stereocenters. The molecule has 0 aliphatic carbocycles. The predicted molar refractivity (Wildman–Crippen MR) is 86.9 cm³/mol. The fourth-order valence-corrected chi connectivity index (χ4v) is 4.39. The zero-order valence-corrected chi connectivity index (χ0v) is 15.3. The van der Waals surface area contributed by atoms with E-state index in [1.807, 2.05) is 0 Å². The first-order chi connectivity index (χ1) is 11.0. The molecule has 0 bridgehead atoms. The van der Waals surface area contributed by atoms with Crippen LogP contribution in [0.4, 0.5) is 0 Å². The van der Waals surface area contributed by atoms with Gasteiger partial charge in [-0.1, -0.05) is 13.8 Å². The summed E-state index contributed by atoms with van der Waals surface area (Å²) >= 11 is 0. The van der Waals surface area contributed by atoms with Crippen molar-refractivity contribution in [1.29, 1.82) is 0 Å². The summed E-state index contributed by atoms with van der Waals surface area (Å²) in [6.07, 6.45) is 3.01. The third-order valence-electron chi connectivity index (χ3n) is 3.69. The lowest BCUT2D eigenvalue weighted by Gasteiger charge is -2.28. The molecule has 0 saturated carbocycles. The highest BCUT2D eigenvalue weighted by molar-refractivity contribution is 7.62. The third-order valence-corrected chi connectivity index (χ3v) is 5.83. The molecule has 0 spiro atoms. The standard InChI is InChI=1S/C16H27O6P/c1-5-21-23(17,22-6-2)14-8-10-18-15(14)16(9-7-13(3)4)19-11-12-20-16/h8,10,13H,5-7,9,11-12H2,1-4H3. The van der Waals surface area contributed by atoms with Crippen LogP contribution in [0.5, 0.6) is 0 Å². The average molecular weight is 346 g/mol. The summed E-state index contributed by atoms with van der Waals surface area (Å²) in [5.74, 6) is -0.114. The molecule has 7 heteroatoms. The Hall–Kier alpha value is -0.650. The first-order valence-corrected chi connectivity index (χ1v) is 9.77. The Labute approximate surface area is 138 Å². The maximum atomic E-state index is 13.1. The SMILES string of the molecule is CCOP(=O)(OCC)c1ccoc1C1(CCC(C)C)OCCO1. The van der Waals surface area contributed by atoms with Gasteiger partial charge in [0.1, 0.15) is 5.30 Å². The van der Waals surface area contributed by atoms with E-state index >= 15 is 0 Å². The lowest BCUT2D eigenvalue weighted by atomic mass is 10.0. The van der Waals surface area contributed by atoms with Crippen LogP contribution in [0.2, 0.25) is 0 Å². The minimum absolute atomic E-state index is 0.280. The fraction of sp³-hybridized carbons (Fsp3) is 0.750. The highest BCUT2D eigenvalue weighted by Crippen LogP contribution is 2.51. The summed E-state index contributed by atoms with van der Waals surface area (Å²) in [6, 6.07) is 1.63. The normalized spacial score (nSPS) is 18.0. The van der Waals surface area contributed by atoms with Crippen molar-refractivity contribution in [3.05, 3.63) is 18.1 Å². The molecular weight excluding hydrogens is 319 g/mol. The number of ether oxygens (including phenoxy) is 2. The van der Waals surface area contributed by atoms with Gasteiger partial charge in [-0.2, -0.15) is 0 Å². The maximum Gasteiger partial charge on any atom is 0.365 e. The quantitative estimate of drug-likeness (QED) is 0.634. The minimum Gasteiger partial charge on any atom is -0.463 e. The molecule has 1 saturated heterocycles. The second-order valence-electron chi connectivity index (χ2n) is 5.85. The van der Waals surface area contributed by atoms with E-state index in [0.29, 0.717) is 36.6 Å². The van der Waals surface area contributed by atoms with Crippen LogP contribution in [0.1, 0.15) is 46.3 Å². The summed E-state index contributed by atoms with van der Waals surface area (Å²) in [4.78, 5) is 0. The Morgan fingerprint density at radius 1 is 1.22 bits per heavy atom. The highest BCUT2D eigenvalue weighted by atomic mass is 31.2. The Balaban J connectivity index is 2.38. The molecule has 23 heavy (non-hydrogen) atoms. The molecule has 1 aromatic rings. The molecule has 0 N–H and O–H groups in total. The number of rotatable bonds is 9. The maximum absolute atomic E-state index is 13.1. The first-order valence-electron chi connectivity index (χ1n) is 8.23. The summed E-state index contributed by atoms with van der Waals surface area (Å²) in [5.41, 5.74) is 0. The summed E-state index contributed by atoms with van der Waals surface area (Å²) in [7, 11) is -3.46. The second-order valence-corrected chi connectivity index (χ2v) is 7.84. The molecule has 6 nitrogen and oxygen atoms in total. The van der Waals surface area contributed by atoms with Gasteiger partial charge in [0.25, 0.3) is 0 Å². The molecular formula is C16H27O6P. The summed E-state index contributed by atoms with van der Waals surface area (Å²) in [5, 5.41) is 0.395. The van der Waals surface area contributed by atoms with E-state index in [9.17, 15) is 4.57 Å². The van der Waals surface area contributed by atoms with Gasteiger partial charge < -0.3 is 22.9 Å². The zero-order valence-electron chi connectivity index (χ0n) is 14.4. The largest absolute Gasteiger partial charge is 0.463 e. The van der Waals surface area contributed by atoms with E-state index < -0.39 is 13.4 Å². The van der Waals surface area contributed by atoms with E-state index in [2.05, 4.69) is 13.8 Å². The van der Waals surface area contributed by atoms with Gasteiger partial charge in [0.15, 0.2) is 5.76 Å². The van der Waals surface area contributed by atoms with Crippen molar-refractivity contribution in [3.63, 3.8) is 0 Å². The monoisotopic (exact) mass is 346 g/mol. The molecule has 2 heterocycles. The molecule has 2 rings (SSSR count). The molecule has 0 aromatic carbocycles. The van der Waals surface area contributed by atoms with Crippen LogP contribution in [-0.4, -0.2) is 26.4 Å². The smallest absolute Gasteiger partial charge is 0.365 e. The van der Waals surface area contributed by atoms with Crippen LogP contribution < -0.4 is 5.30 Å². The van der Waals surface area contributed by atoms with Gasteiger partial charge >= 0.3 is 7.60 Å². The van der Waals surface area contributed by atoms with Gasteiger partial charge in [-0.15, -0.1) is 0 Å². The molecule has 132 valence electrons. The van der Waals surface area contributed by atoms with Crippen LogP contribution >= 0.6 is 7.60 Å². The lowest BCUT2D eigenvalue weighted by molar-refractivity contribution is -0.184. The Morgan fingerprint density at radius 3 is 2.35 bits per heavy atom. The molecule has 0 amide bonds. The van der Waals surface area contributed by atoms with Crippen molar-refractivity contribution >= 4 is 12.9 Å². The fourth-order valence-electron chi connectivity index (χ4n) is 2.64. The summed E-state index contributed by atoms with van der Waals surface area (Å²) < 4.78 is 41.4. The van der Waals surface area contributed by atoms with Crippen molar-refractivity contribution in [2.75, 3.05) is 26.4 Å². The van der Waals surface area contributed by atoms with Crippen molar-refractivity contribution < 1.29 is 27.5 Å². The van der Waals surface area contributed by atoms with Crippen molar-refractivity contribution in [2.45, 2.75) is 46.3 Å². The topological polar surface area (TPSA) is 67.1 Å². The van der Waals surface area contributed by atoms with Crippen LogP contribution in [0.25, 0.3) is 0 Å². The van der Waals surface area contributed by atoms with Crippen LogP contribution in [0.3, 0.4) is 0 Å². The third kappa shape index (κ3) is 4.06. The van der Waals surface area contributed by atoms with E-state index in [1.165, 1.54) is 6.26 Å². The lowest BCUT2D eigenvalue weighted by Crippen LogP contribution is -2.32. The van der Waals surface area contributed by atoms with Crippen molar-refractivity contribution in [2.24, 2.45) is 5.92 Å². The average Bonchev–Trinajstić information content (AvgIpc) is 3.16. The van der Waals surface area contributed by atoms with Crippen molar-refractivity contribution in [3.8, 4) is 0 Å². The van der Waals surface area contributed by atoms with E-state index in [4.69, 9.17) is 22.9 Å². The second kappa shape index (κ2) is 7.95. The molecule has 1 aliphatic heterocycles. The van der Waals surface area contributed by atoms with E-state index in [-0.39, 0.29) is 13.2 Å². The van der Waals surface area contributed by atoms with Crippen LogP contribution in [0.15, 0.2) is 16.7 Å². The van der Waals surface area contributed by atoms with Crippen LogP contribution in [0, 0.1) is 5.92 Å². The van der Waals surface area contributed by atoms with Gasteiger partial charge in [-0.3, -0.25) is 4.57 Å². The van der Waals surface area contributed by atoms with Gasteiger partial charge in [0.2, 0.25) is 5.79 Å². The van der Waals surface area contributed by atoms with Gasteiger partial charge in [-0.05, 0) is 32.3 Å². The molecule has 0 radical (unpaired) electrons. The highest BCUT2D eigenvalue weighted by Gasteiger charge is 2.47. The molecule has 1 fully saturated rings. The first kappa shape index (κ1) is 18.7. The molecule has 0 unspecified atom stereocenters. The molecule has 1 aliphatic rings. The number of furan rings is 1. The zero-order chi connectivity index (χ0) is 16.9. The minimum atomic E-state index is -3.46. The molecule has 1 aromatic heterocycles.